The fourth-order valence-corrected chi connectivity index (χ4v) is 5.42. The van der Waals surface area contributed by atoms with Crippen molar-refractivity contribution in [3.05, 3.63) is 71.4 Å². The Kier molecular flexibility index (Phi) is 8.12. The molecule has 1 aromatic heterocycles. The summed E-state index contributed by atoms with van der Waals surface area (Å²) in [5.41, 5.74) is 2.02. The van der Waals surface area contributed by atoms with Gasteiger partial charge in [-0.2, -0.15) is 4.31 Å². The zero-order valence-electron chi connectivity index (χ0n) is 19.9. The van der Waals surface area contributed by atoms with E-state index in [1.807, 2.05) is 6.07 Å². The number of halogens is 2. The predicted molar refractivity (Wildman–Crippen MR) is 134 cm³/mol. The Balaban J connectivity index is 1.49. The van der Waals surface area contributed by atoms with Crippen LogP contribution < -0.4 is 10.6 Å². The molecular weight excluding hydrogens is 488 g/mol. The molecule has 0 amide bonds. The second-order valence-corrected chi connectivity index (χ2v) is 10.8. The predicted octanol–water partition coefficient (Wildman–Crippen LogP) is 3.30. The summed E-state index contributed by atoms with van der Waals surface area (Å²) in [4.78, 5) is 8.30. The van der Waals surface area contributed by atoms with Gasteiger partial charge in [0.1, 0.15) is 5.69 Å². The van der Waals surface area contributed by atoms with Crippen molar-refractivity contribution < 1.29 is 22.3 Å². The van der Waals surface area contributed by atoms with E-state index in [0.29, 0.717) is 24.1 Å². The smallest absolute Gasteiger partial charge is 0.223 e. The number of hydrogen-bond acceptors (Lipinski definition) is 7. The van der Waals surface area contributed by atoms with Gasteiger partial charge in [0.15, 0.2) is 17.4 Å². The quantitative estimate of drug-likeness (QED) is 0.400. The normalized spacial score (nSPS) is 14.8. The number of aromatic hydroxyl groups is 1. The summed E-state index contributed by atoms with van der Waals surface area (Å²) in [6.07, 6.45) is 4.21. The molecule has 2 aromatic carbocycles. The van der Waals surface area contributed by atoms with Gasteiger partial charge in [-0.15, -0.1) is 0 Å². The van der Waals surface area contributed by atoms with Crippen molar-refractivity contribution >= 4 is 16.0 Å². The Morgan fingerprint density at radius 1 is 1.11 bits per heavy atom. The van der Waals surface area contributed by atoms with Gasteiger partial charge in [-0.1, -0.05) is 24.3 Å². The van der Waals surface area contributed by atoms with Crippen LogP contribution >= 0.6 is 0 Å². The first-order valence-corrected chi connectivity index (χ1v) is 13.6. The number of sulfonamides is 1. The molecular formula is C25H29F2N5O3S. The van der Waals surface area contributed by atoms with Crippen molar-refractivity contribution in [2.24, 2.45) is 0 Å². The molecule has 0 saturated carbocycles. The highest BCUT2D eigenvalue weighted by molar-refractivity contribution is 7.88. The minimum absolute atomic E-state index is 0.0847. The molecule has 0 aliphatic carbocycles. The van der Waals surface area contributed by atoms with E-state index >= 15 is 0 Å². The van der Waals surface area contributed by atoms with Crippen molar-refractivity contribution in [1.29, 1.82) is 0 Å². The Bertz CT molecular complexity index is 1320. The number of phenolic OH excluding ortho intramolecular Hbond substituents is 1. The monoisotopic (exact) mass is 517 g/mol. The maximum Gasteiger partial charge on any atom is 0.223 e. The Labute approximate surface area is 209 Å². The van der Waals surface area contributed by atoms with Gasteiger partial charge in [-0.25, -0.2) is 27.2 Å². The van der Waals surface area contributed by atoms with Crippen LogP contribution in [0.5, 0.6) is 5.75 Å². The van der Waals surface area contributed by atoms with Crippen molar-refractivity contribution in [3.63, 3.8) is 0 Å². The van der Waals surface area contributed by atoms with Crippen LogP contribution in [0, 0.1) is 11.6 Å². The maximum atomic E-state index is 14.7. The molecule has 1 saturated heterocycles. The van der Waals surface area contributed by atoms with Gasteiger partial charge in [0.25, 0.3) is 0 Å². The number of aromatic nitrogens is 2. The number of piperidine rings is 1. The summed E-state index contributed by atoms with van der Waals surface area (Å²) in [6, 6.07) is 11.1. The summed E-state index contributed by atoms with van der Waals surface area (Å²) in [5, 5.41) is 15.6. The molecule has 36 heavy (non-hydrogen) atoms. The summed E-state index contributed by atoms with van der Waals surface area (Å²) in [6.45, 7) is 2.09. The maximum absolute atomic E-state index is 14.7. The molecule has 192 valence electrons. The van der Waals surface area contributed by atoms with E-state index in [0.717, 1.165) is 37.7 Å². The SMILES string of the molecule is CS(=O)(=O)N(Cc1cccc(-c2nc(NCCc3ccc(O)c(F)c3)ncc2F)c1)C1CCNCC1. The van der Waals surface area contributed by atoms with E-state index in [1.165, 1.54) is 22.7 Å². The number of nitrogens with one attached hydrogen (secondary N) is 2. The summed E-state index contributed by atoms with van der Waals surface area (Å²) < 4.78 is 54.7. The lowest BCUT2D eigenvalue weighted by Gasteiger charge is -2.32. The lowest BCUT2D eigenvalue weighted by Crippen LogP contribution is -2.45. The molecule has 0 atom stereocenters. The standard InChI is InChI=1S/C25H29F2N5O3S/c1-36(34,35)32(20-8-10-28-11-9-20)16-18-3-2-4-19(13-18)24-22(27)15-30-25(31-24)29-12-7-17-5-6-23(33)21(26)14-17/h2-6,13-15,20,28,33H,7-12,16H2,1H3,(H,29,30,31). The van der Waals surface area contributed by atoms with E-state index in [1.54, 1.807) is 24.3 Å². The lowest BCUT2D eigenvalue weighted by molar-refractivity contribution is 0.258. The lowest BCUT2D eigenvalue weighted by atomic mass is 10.0. The molecule has 3 aromatic rings. The highest BCUT2D eigenvalue weighted by Crippen LogP contribution is 2.25. The van der Waals surface area contributed by atoms with Gasteiger partial charge in [-0.3, -0.25) is 0 Å². The minimum atomic E-state index is -3.43. The third-order valence-corrected chi connectivity index (χ3v) is 7.41. The molecule has 11 heteroatoms. The number of nitrogens with zero attached hydrogens (tertiary/aromatic N) is 3. The van der Waals surface area contributed by atoms with E-state index in [-0.39, 0.29) is 24.2 Å². The molecule has 0 unspecified atom stereocenters. The molecule has 0 bridgehead atoms. The summed E-state index contributed by atoms with van der Waals surface area (Å²) in [5.74, 6) is -1.49. The van der Waals surface area contributed by atoms with E-state index in [2.05, 4.69) is 20.6 Å². The topological polar surface area (TPSA) is 107 Å². The molecule has 0 spiro atoms. The molecule has 4 rings (SSSR count). The third-order valence-electron chi connectivity index (χ3n) is 6.13. The first kappa shape index (κ1) is 25.9. The van der Waals surface area contributed by atoms with Crippen molar-refractivity contribution in [2.75, 3.05) is 31.2 Å². The van der Waals surface area contributed by atoms with Crippen molar-refractivity contribution in [3.8, 4) is 17.0 Å². The average Bonchev–Trinajstić information content (AvgIpc) is 2.86. The molecule has 1 aliphatic rings. The largest absolute Gasteiger partial charge is 0.505 e. The number of phenols is 1. The molecule has 1 fully saturated rings. The van der Waals surface area contributed by atoms with Gasteiger partial charge in [-0.05, 0) is 61.7 Å². The van der Waals surface area contributed by atoms with E-state index in [4.69, 9.17) is 0 Å². The highest BCUT2D eigenvalue weighted by Gasteiger charge is 2.28. The molecule has 0 radical (unpaired) electrons. The first-order chi connectivity index (χ1) is 17.2. The molecule has 3 N–H and O–H groups in total. The highest BCUT2D eigenvalue weighted by atomic mass is 32.2. The summed E-state index contributed by atoms with van der Waals surface area (Å²) >= 11 is 0. The minimum Gasteiger partial charge on any atom is -0.505 e. The van der Waals surface area contributed by atoms with Crippen LogP contribution in [0.3, 0.4) is 0 Å². The number of rotatable bonds is 9. The van der Waals surface area contributed by atoms with Crippen LogP contribution in [-0.2, 0) is 23.0 Å². The molecule has 8 nitrogen and oxygen atoms in total. The number of hydrogen-bond donors (Lipinski definition) is 3. The fourth-order valence-electron chi connectivity index (χ4n) is 4.29. The van der Waals surface area contributed by atoms with Gasteiger partial charge in [0, 0.05) is 24.7 Å². The van der Waals surface area contributed by atoms with Crippen LogP contribution in [0.2, 0.25) is 0 Å². The van der Waals surface area contributed by atoms with Gasteiger partial charge < -0.3 is 15.7 Å². The molecule has 1 aliphatic heterocycles. The zero-order chi connectivity index (χ0) is 25.7. The van der Waals surface area contributed by atoms with Crippen molar-refractivity contribution in [1.82, 2.24) is 19.6 Å². The van der Waals surface area contributed by atoms with Crippen LogP contribution in [-0.4, -0.2) is 59.7 Å². The Morgan fingerprint density at radius 2 is 1.89 bits per heavy atom. The van der Waals surface area contributed by atoms with Crippen LogP contribution in [0.25, 0.3) is 11.3 Å². The average molecular weight is 518 g/mol. The molecule has 2 heterocycles. The zero-order valence-corrected chi connectivity index (χ0v) is 20.7. The van der Waals surface area contributed by atoms with Crippen LogP contribution in [0.4, 0.5) is 14.7 Å². The van der Waals surface area contributed by atoms with Gasteiger partial charge in [0.2, 0.25) is 16.0 Å². The van der Waals surface area contributed by atoms with Gasteiger partial charge >= 0.3 is 0 Å². The summed E-state index contributed by atoms with van der Waals surface area (Å²) in [7, 11) is -3.43. The number of benzene rings is 2. The van der Waals surface area contributed by atoms with E-state index in [9.17, 15) is 22.3 Å². The van der Waals surface area contributed by atoms with E-state index < -0.39 is 27.4 Å². The second-order valence-electron chi connectivity index (χ2n) is 8.84. The van der Waals surface area contributed by atoms with Gasteiger partial charge in [0.05, 0.1) is 12.5 Å². The van der Waals surface area contributed by atoms with Crippen LogP contribution in [0.1, 0.15) is 24.0 Å². The van der Waals surface area contributed by atoms with Crippen LogP contribution in [0.15, 0.2) is 48.7 Å². The number of anilines is 1. The fraction of sp³-hybridized carbons (Fsp3) is 0.360. The second kappa shape index (κ2) is 11.3. The first-order valence-electron chi connectivity index (χ1n) is 11.7. The Hall–Kier alpha value is -3.15. The third kappa shape index (κ3) is 6.54. The Morgan fingerprint density at radius 3 is 2.61 bits per heavy atom. The van der Waals surface area contributed by atoms with Crippen molar-refractivity contribution in [2.45, 2.75) is 31.8 Å².